The number of imidazole rings is 1. The highest BCUT2D eigenvalue weighted by Crippen LogP contribution is 2.34. The first-order valence-electron chi connectivity index (χ1n) is 6.76. The van der Waals surface area contributed by atoms with Gasteiger partial charge in [-0.15, -0.1) is 0 Å². The van der Waals surface area contributed by atoms with Crippen molar-refractivity contribution < 1.29 is 30.7 Å². The molecule has 0 fully saturated rings. The second-order valence-corrected chi connectivity index (χ2v) is 5.22. The topological polar surface area (TPSA) is 30.7 Å². The number of hydrogen-bond acceptors (Lipinski definition) is 2. The van der Waals surface area contributed by atoms with E-state index in [-0.39, 0.29) is 22.6 Å². The molecule has 0 aliphatic carbocycles. The molecule has 1 aromatic carbocycles. The standard InChI is InChI=1S/C15H8F7N3/c1-25-12(8-3-2-7(6-9(8)16)14(17,18)19)23-10-4-5-11(15(20,21)22)24-13(10)25/h2-6H,1H3. The van der Waals surface area contributed by atoms with Crippen LogP contribution in [0.3, 0.4) is 0 Å². The third-order valence-electron chi connectivity index (χ3n) is 3.54. The first kappa shape index (κ1) is 17.2. The fourth-order valence-corrected chi connectivity index (χ4v) is 2.34. The van der Waals surface area contributed by atoms with Gasteiger partial charge in [0.2, 0.25) is 0 Å². The molecule has 0 saturated carbocycles. The van der Waals surface area contributed by atoms with E-state index in [0.29, 0.717) is 12.1 Å². The maximum atomic E-state index is 14.1. The molecule has 0 spiro atoms. The number of nitrogens with zero attached hydrogens (tertiary/aromatic N) is 3. The van der Waals surface area contributed by atoms with Gasteiger partial charge in [0.1, 0.15) is 22.9 Å². The number of halogens is 7. The summed E-state index contributed by atoms with van der Waals surface area (Å²) < 4.78 is 91.2. The molecule has 0 radical (unpaired) electrons. The summed E-state index contributed by atoms with van der Waals surface area (Å²) in [6, 6.07) is 3.65. The normalized spacial score (nSPS) is 12.8. The molecular weight excluding hydrogens is 355 g/mol. The van der Waals surface area contributed by atoms with Crippen molar-refractivity contribution >= 4 is 11.2 Å². The van der Waals surface area contributed by atoms with Crippen LogP contribution in [0.4, 0.5) is 30.7 Å². The first-order chi connectivity index (χ1) is 11.5. The van der Waals surface area contributed by atoms with Crippen molar-refractivity contribution in [2.75, 3.05) is 0 Å². The van der Waals surface area contributed by atoms with Crippen molar-refractivity contribution in [3.05, 3.63) is 47.4 Å². The summed E-state index contributed by atoms with van der Waals surface area (Å²) in [5.41, 5.74) is -2.71. The Morgan fingerprint density at radius 2 is 1.56 bits per heavy atom. The number of alkyl halides is 6. The molecule has 2 heterocycles. The average Bonchev–Trinajstić information content (AvgIpc) is 2.82. The van der Waals surface area contributed by atoms with Gasteiger partial charge in [-0.3, -0.25) is 0 Å². The lowest BCUT2D eigenvalue weighted by Gasteiger charge is -2.09. The second kappa shape index (κ2) is 5.43. The molecule has 0 saturated heterocycles. The average molecular weight is 363 g/mol. The van der Waals surface area contributed by atoms with Gasteiger partial charge >= 0.3 is 12.4 Å². The Bertz CT molecular complexity index is 954. The molecule has 2 aromatic heterocycles. The maximum Gasteiger partial charge on any atom is 0.433 e. The highest BCUT2D eigenvalue weighted by molar-refractivity contribution is 5.77. The summed E-state index contributed by atoms with van der Waals surface area (Å²) in [6.45, 7) is 0. The van der Waals surface area contributed by atoms with Gasteiger partial charge in [0.25, 0.3) is 0 Å². The Morgan fingerprint density at radius 3 is 2.12 bits per heavy atom. The largest absolute Gasteiger partial charge is 0.433 e. The van der Waals surface area contributed by atoms with Gasteiger partial charge in [-0.25, -0.2) is 14.4 Å². The zero-order valence-corrected chi connectivity index (χ0v) is 12.4. The van der Waals surface area contributed by atoms with Crippen LogP contribution in [-0.4, -0.2) is 14.5 Å². The minimum atomic E-state index is -4.71. The molecule has 0 aliphatic rings. The Labute approximate surface area is 135 Å². The molecule has 10 heteroatoms. The third kappa shape index (κ3) is 3.03. The SMILES string of the molecule is Cn1c(-c2ccc(C(F)(F)F)cc2F)nc2ccc(C(F)(F)F)nc21. The molecule has 0 unspecified atom stereocenters. The van der Waals surface area contributed by atoms with E-state index in [4.69, 9.17) is 0 Å². The Kier molecular flexibility index (Phi) is 3.73. The van der Waals surface area contributed by atoms with Crippen molar-refractivity contribution in [1.29, 1.82) is 0 Å². The predicted octanol–water partition coefficient (Wildman–Crippen LogP) is 4.81. The Hall–Kier alpha value is -2.65. The number of hydrogen-bond donors (Lipinski definition) is 0. The number of rotatable bonds is 1. The molecule has 25 heavy (non-hydrogen) atoms. The summed E-state index contributed by atoms with van der Waals surface area (Å²) in [6.07, 6.45) is -9.38. The van der Waals surface area contributed by atoms with Gasteiger partial charge in [-0.05, 0) is 30.3 Å². The molecule has 0 atom stereocenters. The highest BCUT2D eigenvalue weighted by Gasteiger charge is 2.34. The highest BCUT2D eigenvalue weighted by atomic mass is 19.4. The summed E-state index contributed by atoms with van der Waals surface area (Å²) in [5.74, 6) is -1.32. The van der Waals surface area contributed by atoms with E-state index < -0.39 is 29.4 Å². The van der Waals surface area contributed by atoms with Gasteiger partial charge in [-0.2, -0.15) is 26.3 Å². The maximum absolute atomic E-state index is 14.1. The molecule has 3 nitrogen and oxygen atoms in total. The smallest absolute Gasteiger partial charge is 0.312 e. The first-order valence-corrected chi connectivity index (χ1v) is 6.76. The van der Waals surface area contributed by atoms with Crippen LogP contribution in [-0.2, 0) is 19.4 Å². The third-order valence-corrected chi connectivity index (χ3v) is 3.54. The van der Waals surface area contributed by atoms with Crippen molar-refractivity contribution in [2.45, 2.75) is 12.4 Å². The summed E-state index contributed by atoms with van der Waals surface area (Å²) in [7, 11) is 1.30. The van der Waals surface area contributed by atoms with Crippen LogP contribution >= 0.6 is 0 Å². The van der Waals surface area contributed by atoms with E-state index in [9.17, 15) is 30.7 Å². The summed E-state index contributed by atoms with van der Waals surface area (Å²) in [5, 5.41) is 0. The van der Waals surface area contributed by atoms with Crippen molar-refractivity contribution in [1.82, 2.24) is 14.5 Å². The van der Waals surface area contributed by atoms with Crippen LogP contribution in [0.15, 0.2) is 30.3 Å². The summed E-state index contributed by atoms with van der Waals surface area (Å²) >= 11 is 0. The number of benzene rings is 1. The summed E-state index contributed by atoms with van der Waals surface area (Å²) in [4.78, 5) is 7.42. The van der Waals surface area contributed by atoms with E-state index in [1.54, 1.807) is 0 Å². The van der Waals surface area contributed by atoms with E-state index in [2.05, 4.69) is 9.97 Å². The zero-order valence-electron chi connectivity index (χ0n) is 12.4. The lowest BCUT2D eigenvalue weighted by atomic mass is 10.1. The predicted molar refractivity (Wildman–Crippen MR) is 73.9 cm³/mol. The molecule has 0 bridgehead atoms. The van der Waals surface area contributed by atoms with Gasteiger partial charge in [0, 0.05) is 7.05 Å². The van der Waals surface area contributed by atoms with Crippen molar-refractivity contribution in [3.8, 4) is 11.4 Å². The van der Waals surface area contributed by atoms with Crippen LogP contribution in [0.2, 0.25) is 0 Å². The second-order valence-electron chi connectivity index (χ2n) is 5.22. The van der Waals surface area contributed by atoms with Crippen molar-refractivity contribution in [2.24, 2.45) is 7.05 Å². The van der Waals surface area contributed by atoms with Crippen molar-refractivity contribution in [3.63, 3.8) is 0 Å². The fraction of sp³-hybridized carbons (Fsp3) is 0.200. The molecule has 132 valence electrons. The molecule has 3 rings (SSSR count). The molecule has 3 aromatic rings. The van der Waals surface area contributed by atoms with Crippen LogP contribution in [0.5, 0.6) is 0 Å². The van der Waals surface area contributed by atoms with Gasteiger partial charge < -0.3 is 4.57 Å². The molecule has 0 N–H and O–H groups in total. The minimum Gasteiger partial charge on any atom is -0.312 e. The number of pyridine rings is 1. The number of aromatic nitrogens is 3. The molecule has 0 amide bonds. The zero-order chi connectivity index (χ0) is 18.6. The lowest BCUT2D eigenvalue weighted by molar-refractivity contribution is -0.141. The lowest BCUT2D eigenvalue weighted by Crippen LogP contribution is -2.08. The van der Waals surface area contributed by atoms with E-state index in [1.807, 2.05) is 0 Å². The van der Waals surface area contributed by atoms with E-state index in [0.717, 1.165) is 22.8 Å². The van der Waals surface area contributed by atoms with Crippen LogP contribution in [0, 0.1) is 5.82 Å². The Morgan fingerprint density at radius 1 is 0.880 bits per heavy atom. The number of fused-ring (bicyclic) bond motifs is 1. The molecule has 0 aliphatic heterocycles. The van der Waals surface area contributed by atoms with E-state index in [1.165, 1.54) is 7.05 Å². The quantitative estimate of drug-likeness (QED) is 0.581. The monoisotopic (exact) mass is 363 g/mol. The van der Waals surface area contributed by atoms with Gasteiger partial charge in [-0.1, -0.05) is 0 Å². The minimum absolute atomic E-state index is 0.0600. The van der Waals surface area contributed by atoms with Crippen LogP contribution < -0.4 is 0 Å². The van der Waals surface area contributed by atoms with Crippen LogP contribution in [0.25, 0.3) is 22.6 Å². The van der Waals surface area contributed by atoms with Gasteiger partial charge in [0.15, 0.2) is 5.65 Å². The van der Waals surface area contributed by atoms with E-state index >= 15 is 0 Å². The fourth-order valence-electron chi connectivity index (χ4n) is 2.34. The number of aryl methyl sites for hydroxylation is 1. The molecular formula is C15H8F7N3. The van der Waals surface area contributed by atoms with Gasteiger partial charge in [0.05, 0.1) is 11.1 Å². The Balaban J connectivity index is 2.15. The van der Waals surface area contributed by atoms with Crippen LogP contribution in [0.1, 0.15) is 11.3 Å².